The summed E-state index contributed by atoms with van der Waals surface area (Å²) in [5, 5.41) is 8.63. The molecule has 0 aromatic heterocycles. The largest absolute Gasteiger partial charge is 0.493 e. The second-order valence-corrected chi connectivity index (χ2v) is 4.48. The third kappa shape index (κ3) is 2.97. The maximum Gasteiger partial charge on any atom is 0.303 e. The van der Waals surface area contributed by atoms with Gasteiger partial charge in [-0.25, -0.2) is 0 Å². The monoisotopic (exact) mass is 235 g/mol. The van der Waals surface area contributed by atoms with Gasteiger partial charge >= 0.3 is 5.97 Å². The molecular weight excluding hydrogens is 218 g/mol. The van der Waals surface area contributed by atoms with Gasteiger partial charge in [-0.1, -0.05) is 18.2 Å². The van der Waals surface area contributed by atoms with Gasteiger partial charge in [0.15, 0.2) is 0 Å². The zero-order chi connectivity index (χ0) is 12.3. The van der Waals surface area contributed by atoms with E-state index in [1.54, 1.807) is 0 Å². The highest BCUT2D eigenvalue weighted by Crippen LogP contribution is 2.28. The molecule has 3 N–H and O–H groups in total. The normalized spacial score (nSPS) is 20.2. The van der Waals surface area contributed by atoms with E-state index < -0.39 is 5.97 Å². The zero-order valence-electron chi connectivity index (χ0n) is 9.63. The average Bonchev–Trinajstić information content (AvgIpc) is 2.35. The van der Waals surface area contributed by atoms with Crippen LogP contribution in [0.4, 0.5) is 0 Å². The topological polar surface area (TPSA) is 72.6 Å². The Balaban J connectivity index is 1.95. The molecule has 1 heterocycles. The molecular formula is C13H17NO3. The highest BCUT2D eigenvalue weighted by molar-refractivity contribution is 5.66. The minimum atomic E-state index is -0.794. The third-order valence-electron chi connectivity index (χ3n) is 3.20. The van der Waals surface area contributed by atoms with E-state index in [1.807, 2.05) is 24.3 Å². The summed E-state index contributed by atoms with van der Waals surface area (Å²) >= 11 is 0. The first-order chi connectivity index (χ1) is 8.16. The van der Waals surface area contributed by atoms with E-state index in [4.69, 9.17) is 15.6 Å². The van der Waals surface area contributed by atoms with Crippen LogP contribution in [0.3, 0.4) is 0 Å². The van der Waals surface area contributed by atoms with Crippen molar-refractivity contribution in [1.29, 1.82) is 0 Å². The van der Waals surface area contributed by atoms with E-state index in [9.17, 15) is 4.79 Å². The maximum absolute atomic E-state index is 10.5. The molecule has 0 saturated carbocycles. The molecule has 2 atom stereocenters. The smallest absolute Gasteiger partial charge is 0.303 e. The van der Waals surface area contributed by atoms with Gasteiger partial charge in [0, 0.05) is 18.4 Å². The molecule has 1 aliphatic heterocycles. The lowest BCUT2D eigenvalue weighted by molar-refractivity contribution is -0.137. The summed E-state index contributed by atoms with van der Waals surface area (Å²) in [5.74, 6) is 0.344. The molecule has 92 valence electrons. The standard InChI is InChI=1S/C13H17NO3/c14-11(5-6-13(15)16)10-7-9-3-1-2-4-12(9)17-8-10/h1-4,10-11H,5-8,14H2,(H,15,16). The van der Waals surface area contributed by atoms with Crippen molar-refractivity contribution < 1.29 is 14.6 Å². The second-order valence-electron chi connectivity index (χ2n) is 4.48. The van der Waals surface area contributed by atoms with Crippen molar-refractivity contribution in [2.75, 3.05) is 6.61 Å². The fraction of sp³-hybridized carbons (Fsp3) is 0.462. The molecule has 0 bridgehead atoms. The van der Waals surface area contributed by atoms with Gasteiger partial charge < -0.3 is 15.6 Å². The lowest BCUT2D eigenvalue weighted by Gasteiger charge is -2.29. The molecule has 0 saturated heterocycles. The molecule has 0 radical (unpaired) electrons. The highest BCUT2D eigenvalue weighted by Gasteiger charge is 2.25. The van der Waals surface area contributed by atoms with Crippen molar-refractivity contribution in [1.82, 2.24) is 0 Å². The molecule has 0 amide bonds. The van der Waals surface area contributed by atoms with E-state index in [1.165, 1.54) is 0 Å². The number of carbonyl (C=O) groups is 1. The fourth-order valence-electron chi connectivity index (χ4n) is 2.15. The maximum atomic E-state index is 10.5. The van der Waals surface area contributed by atoms with E-state index in [2.05, 4.69) is 0 Å². The highest BCUT2D eigenvalue weighted by atomic mass is 16.5. The lowest BCUT2D eigenvalue weighted by atomic mass is 9.88. The van der Waals surface area contributed by atoms with Crippen LogP contribution >= 0.6 is 0 Å². The van der Waals surface area contributed by atoms with Crippen molar-refractivity contribution in [2.24, 2.45) is 11.7 Å². The fourth-order valence-corrected chi connectivity index (χ4v) is 2.15. The summed E-state index contributed by atoms with van der Waals surface area (Å²) in [6.07, 6.45) is 1.50. The lowest BCUT2D eigenvalue weighted by Crippen LogP contribution is -2.38. The predicted molar refractivity (Wildman–Crippen MR) is 64.0 cm³/mol. The van der Waals surface area contributed by atoms with Crippen LogP contribution in [-0.4, -0.2) is 23.7 Å². The molecule has 2 unspecified atom stereocenters. The number of hydrogen-bond donors (Lipinski definition) is 2. The van der Waals surface area contributed by atoms with E-state index in [-0.39, 0.29) is 18.4 Å². The van der Waals surface area contributed by atoms with Gasteiger partial charge in [0.2, 0.25) is 0 Å². The summed E-state index contributed by atoms with van der Waals surface area (Å²) in [4.78, 5) is 10.5. The number of benzene rings is 1. The SMILES string of the molecule is NC(CCC(=O)O)C1COc2ccccc2C1. The van der Waals surface area contributed by atoms with Crippen LogP contribution in [-0.2, 0) is 11.2 Å². The first kappa shape index (κ1) is 11.9. The molecule has 1 aromatic carbocycles. The predicted octanol–water partition coefficient (Wildman–Crippen LogP) is 1.43. The number of nitrogens with two attached hydrogens (primary N) is 1. The van der Waals surface area contributed by atoms with Gasteiger partial charge in [-0.15, -0.1) is 0 Å². The number of para-hydroxylation sites is 1. The molecule has 1 aliphatic rings. The number of rotatable bonds is 4. The van der Waals surface area contributed by atoms with Gasteiger partial charge in [0.1, 0.15) is 5.75 Å². The molecule has 2 rings (SSSR count). The summed E-state index contributed by atoms with van der Waals surface area (Å²) in [5.41, 5.74) is 7.17. The third-order valence-corrected chi connectivity index (χ3v) is 3.20. The summed E-state index contributed by atoms with van der Waals surface area (Å²) < 4.78 is 5.64. The number of ether oxygens (including phenoxy) is 1. The zero-order valence-corrected chi connectivity index (χ0v) is 9.63. The molecule has 4 heteroatoms. The van der Waals surface area contributed by atoms with Gasteiger partial charge in [0.05, 0.1) is 6.61 Å². The Labute approximate surface area is 100 Å². The quantitative estimate of drug-likeness (QED) is 0.828. The first-order valence-electron chi connectivity index (χ1n) is 5.85. The van der Waals surface area contributed by atoms with E-state index in [0.717, 1.165) is 17.7 Å². The molecule has 17 heavy (non-hydrogen) atoms. The van der Waals surface area contributed by atoms with Crippen LogP contribution in [0, 0.1) is 5.92 Å². The van der Waals surface area contributed by atoms with Crippen molar-refractivity contribution >= 4 is 5.97 Å². The Morgan fingerprint density at radius 1 is 1.53 bits per heavy atom. The van der Waals surface area contributed by atoms with Crippen LogP contribution in [0.25, 0.3) is 0 Å². The van der Waals surface area contributed by atoms with Gasteiger partial charge in [0.25, 0.3) is 0 Å². The van der Waals surface area contributed by atoms with Crippen molar-refractivity contribution in [3.8, 4) is 5.75 Å². The Kier molecular flexibility index (Phi) is 3.64. The number of fused-ring (bicyclic) bond motifs is 1. The van der Waals surface area contributed by atoms with Crippen LogP contribution < -0.4 is 10.5 Å². The first-order valence-corrected chi connectivity index (χ1v) is 5.85. The van der Waals surface area contributed by atoms with Crippen LogP contribution in [0.15, 0.2) is 24.3 Å². The number of aliphatic carboxylic acids is 1. The van der Waals surface area contributed by atoms with Gasteiger partial charge in [-0.2, -0.15) is 0 Å². The summed E-state index contributed by atoms with van der Waals surface area (Å²) in [6.45, 7) is 0.581. The number of carboxylic acids is 1. The second kappa shape index (κ2) is 5.19. The molecule has 0 fully saturated rings. The minimum Gasteiger partial charge on any atom is -0.493 e. The Morgan fingerprint density at radius 3 is 3.06 bits per heavy atom. The number of hydrogen-bond acceptors (Lipinski definition) is 3. The average molecular weight is 235 g/mol. The minimum absolute atomic E-state index is 0.112. The van der Waals surface area contributed by atoms with Crippen LogP contribution in [0.1, 0.15) is 18.4 Å². The van der Waals surface area contributed by atoms with Crippen molar-refractivity contribution in [3.63, 3.8) is 0 Å². The van der Waals surface area contributed by atoms with Gasteiger partial charge in [-0.05, 0) is 24.5 Å². The molecule has 0 aliphatic carbocycles. The van der Waals surface area contributed by atoms with Crippen molar-refractivity contribution in [3.05, 3.63) is 29.8 Å². The van der Waals surface area contributed by atoms with Crippen LogP contribution in [0.5, 0.6) is 5.75 Å². The Bertz CT molecular complexity index is 405. The van der Waals surface area contributed by atoms with Crippen LogP contribution in [0.2, 0.25) is 0 Å². The number of carboxylic acid groups (broad SMARTS) is 1. The summed E-state index contributed by atoms with van der Waals surface area (Å²) in [7, 11) is 0. The molecule has 4 nitrogen and oxygen atoms in total. The van der Waals surface area contributed by atoms with E-state index in [0.29, 0.717) is 13.0 Å². The summed E-state index contributed by atoms with van der Waals surface area (Å²) in [6, 6.07) is 7.80. The van der Waals surface area contributed by atoms with Gasteiger partial charge in [-0.3, -0.25) is 4.79 Å². The Hall–Kier alpha value is -1.55. The molecule has 1 aromatic rings. The molecule has 0 spiro atoms. The van der Waals surface area contributed by atoms with E-state index >= 15 is 0 Å². The van der Waals surface area contributed by atoms with Crippen molar-refractivity contribution in [2.45, 2.75) is 25.3 Å². The Morgan fingerprint density at radius 2 is 2.29 bits per heavy atom.